The third-order valence-electron chi connectivity index (χ3n) is 2.56. The topological polar surface area (TPSA) is 24.9 Å². The Labute approximate surface area is 116 Å². The highest BCUT2D eigenvalue weighted by atomic mass is 32.2. The first-order valence-electron chi connectivity index (χ1n) is 5.97. The molecule has 0 saturated heterocycles. The van der Waals surface area contributed by atoms with E-state index < -0.39 is 11.7 Å². The van der Waals surface area contributed by atoms with Gasteiger partial charge in [-0.25, -0.2) is 0 Å². The SMILES string of the molecule is CNC(CSC(C)(C)C)c1cnccc1C(F)(F)F. The van der Waals surface area contributed by atoms with Crippen LogP contribution in [0.5, 0.6) is 0 Å². The molecule has 1 atom stereocenters. The van der Waals surface area contributed by atoms with Crippen molar-refractivity contribution in [3.63, 3.8) is 0 Å². The second-order valence-corrected chi connectivity index (χ2v) is 7.07. The minimum absolute atomic E-state index is 0.00963. The van der Waals surface area contributed by atoms with Crippen molar-refractivity contribution in [1.82, 2.24) is 10.3 Å². The first-order chi connectivity index (χ1) is 8.65. The molecule has 6 heteroatoms. The summed E-state index contributed by atoms with van der Waals surface area (Å²) in [5, 5.41) is 2.94. The normalized spacial score (nSPS) is 14.5. The molecule has 1 unspecified atom stereocenters. The lowest BCUT2D eigenvalue weighted by molar-refractivity contribution is -0.138. The molecule has 1 heterocycles. The fourth-order valence-corrected chi connectivity index (χ4v) is 2.62. The van der Waals surface area contributed by atoms with Crippen molar-refractivity contribution in [2.24, 2.45) is 0 Å². The lowest BCUT2D eigenvalue weighted by Gasteiger charge is -2.24. The molecule has 0 aliphatic carbocycles. The number of thioether (sulfide) groups is 1. The molecule has 0 radical (unpaired) electrons. The number of halogens is 3. The smallest absolute Gasteiger partial charge is 0.312 e. The lowest BCUT2D eigenvalue weighted by atomic mass is 10.0. The van der Waals surface area contributed by atoms with Gasteiger partial charge in [-0.3, -0.25) is 4.98 Å². The Morgan fingerprint density at radius 2 is 1.95 bits per heavy atom. The Balaban J connectivity index is 2.99. The number of nitrogens with zero attached hydrogens (tertiary/aromatic N) is 1. The molecule has 0 saturated carbocycles. The van der Waals surface area contributed by atoms with Crippen molar-refractivity contribution >= 4 is 11.8 Å². The Morgan fingerprint density at radius 3 is 2.42 bits per heavy atom. The first-order valence-corrected chi connectivity index (χ1v) is 6.96. The van der Waals surface area contributed by atoms with E-state index >= 15 is 0 Å². The number of rotatable bonds is 4. The van der Waals surface area contributed by atoms with E-state index in [0.29, 0.717) is 5.75 Å². The van der Waals surface area contributed by atoms with Crippen LogP contribution in [-0.2, 0) is 6.18 Å². The summed E-state index contributed by atoms with van der Waals surface area (Å²) in [5.74, 6) is 0.564. The zero-order chi connectivity index (χ0) is 14.7. The highest BCUT2D eigenvalue weighted by Gasteiger charge is 2.35. The zero-order valence-corrected chi connectivity index (χ0v) is 12.3. The van der Waals surface area contributed by atoms with E-state index in [1.165, 1.54) is 12.4 Å². The van der Waals surface area contributed by atoms with Crippen LogP contribution in [0.3, 0.4) is 0 Å². The standard InChI is InChI=1S/C13H19F3N2S/c1-12(2,3)19-8-11(17-4)9-7-18-6-5-10(9)13(14,15)16/h5-7,11,17H,8H2,1-4H3. The Morgan fingerprint density at radius 1 is 1.32 bits per heavy atom. The van der Waals surface area contributed by atoms with Crippen LogP contribution in [0.2, 0.25) is 0 Å². The second kappa shape index (κ2) is 6.13. The lowest BCUT2D eigenvalue weighted by Crippen LogP contribution is -2.25. The van der Waals surface area contributed by atoms with Crippen LogP contribution in [0.4, 0.5) is 13.2 Å². The summed E-state index contributed by atoms with van der Waals surface area (Å²) in [7, 11) is 1.67. The van der Waals surface area contributed by atoms with E-state index in [4.69, 9.17) is 0 Å². The molecule has 0 amide bonds. The van der Waals surface area contributed by atoms with Crippen molar-refractivity contribution in [3.05, 3.63) is 29.6 Å². The average molecular weight is 292 g/mol. The van der Waals surface area contributed by atoms with Crippen LogP contribution in [0, 0.1) is 0 Å². The maximum absolute atomic E-state index is 13.0. The molecule has 19 heavy (non-hydrogen) atoms. The van der Waals surface area contributed by atoms with Gasteiger partial charge in [0.15, 0.2) is 0 Å². The molecule has 2 nitrogen and oxygen atoms in total. The summed E-state index contributed by atoms with van der Waals surface area (Å²) >= 11 is 1.62. The fourth-order valence-electron chi connectivity index (χ4n) is 1.60. The van der Waals surface area contributed by atoms with E-state index in [9.17, 15) is 13.2 Å². The zero-order valence-electron chi connectivity index (χ0n) is 11.5. The maximum atomic E-state index is 13.0. The van der Waals surface area contributed by atoms with Crippen LogP contribution in [0.15, 0.2) is 18.5 Å². The molecule has 0 aliphatic rings. The second-order valence-electron chi connectivity index (χ2n) is 5.23. The van der Waals surface area contributed by atoms with Crippen molar-refractivity contribution in [2.45, 2.75) is 37.7 Å². The maximum Gasteiger partial charge on any atom is 0.416 e. The number of aromatic nitrogens is 1. The first kappa shape index (κ1) is 16.3. The number of pyridine rings is 1. The molecule has 0 bridgehead atoms. The van der Waals surface area contributed by atoms with Gasteiger partial charge in [0, 0.05) is 34.5 Å². The van der Waals surface area contributed by atoms with Gasteiger partial charge < -0.3 is 5.32 Å². The van der Waals surface area contributed by atoms with Gasteiger partial charge in [0.2, 0.25) is 0 Å². The van der Waals surface area contributed by atoms with Gasteiger partial charge in [-0.1, -0.05) is 20.8 Å². The fraction of sp³-hybridized carbons (Fsp3) is 0.615. The molecule has 0 spiro atoms. The number of alkyl halides is 3. The summed E-state index contributed by atoms with van der Waals surface area (Å²) in [4.78, 5) is 3.82. The van der Waals surface area contributed by atoms with Gasteiger partial charge in [-0.2, -0.15) is 24.9 Å². The Hall–Kier alpha value is -0.750. The minimum atomic E-state index is -4.35. The minimum Gasteiger partial charge on any atom is -0.312 e. The van der Waals surface area contributed by atoms with E-state index in [0.717, 1.165) is 6.07 Å². The molecule has 0 fully saturated rings. The molecule has 0 aromatic carbocycles. The largest absolute Gasteiger partial charge is 0.416 e. The molecule has 1 aromatic heterocycles. The van der Waals surface area contributed by atoms with Gasteiger partial charge >= 0.3 is 6.18 Å². The third-order valence-corrected chi connectivity index (χ3v) is 3.93. The average Bonchev–Trinajstić information content (AvgIpc) is 2.27. The summed E-state index contributed by atoms with van der Waals surface area (Å²) in [6.07, 6.45) is -1.87. The van der Waals surface area contributed by atoms with Crippen molar-refractivity contribution < 1.29 is 13.2 Å². The highest BCUT2D eigenvalue weighted by molar-refractivity contribution is 8.00. The van der Waals surface area contributed by atoms with Crippen molar-refractivity contribution in [2.75, 3.05) is 12.8 Å². The van der Waals surface area contributed by atoms with Crippen LogP contribution >= 0.6 is 11.8 Å². The molecular weight excluding hydrogens is 273 g/mol. The van der Waals surface area contributed by atoms with Gasteiger partial charge in [-0.15, -0.1) is 0 Å². The van der Waals surface area contributed by atoms with Crippen LogP contribution < -0.4 is 5.32 Å². The van der Waals surface area contributed by atoms with Crippen LogP contribution in [0.1, 0.15) is 37.9 Å². The summed E-state index contributed by atoms with van der Waals surface area (Å²) < 4.78 is 38.9. The van der Waals surface area contributed by atoms with Gasteiger partial charge in [0.25, 0.3) is 0 Å². The number of hydrogen-bond donors (Lipinski definition) is 1. The predicted molar refractivity (Wildman–Crippen MR) is 73.3 cm³/mol. The van der Waals surface area contributed by atoms with Gasteiger partial charge in [0.05, 0.1) is 5.56 Å². The van der Waals surface area contributed by atoms with E-state index in [1.807, 2.05) is 20.8 Å². The molecule has 1 aromatic rings. The number of hydrogen-bond acceptors (Lipinski definition) is 3. The Bertz CT molecular complexity index is 413. The van der Waals surface area contributed by atoms with Crippen molar-refractivity contribution in [1.29, 1.82) is 0 Å². The van der Waals surface area contributed by atoms with Gasteiger partial charge in [0.1, 0.15) is 0 Å². The van der Waals surface area contributed by atoms with Crippen LogP contribution in [-0.4, -0.2) is 22.5 Å². The molecule has 1 rings (SSSR count). The molecule has 0 aliphatic heterocycles. The quantitative estimate of drug-likeness (QED) is 0.911. The highest BCUT2D eigenvalue weighted by Crippen LogP contribution is 2.36. The summed E-state index contributed by atoms with van der Waals surface area (Å²) in [6.45, 7) is 6.12. The monoisotopic (exact) mass is 292 g/mol. The molecule has 1 N–H and O–H groups in total. The summed E-state index contributed by atoms with van der Waals surface area (Å²) in [5.41, 5.74) is -0.411. The molecule has 108 valence electrons. The van der Waals surface area contributed by atoms with Gasteiger partial charge in [-0.05, 0) is 13.1 Å². The van der Waals surface area contributed by atoms with E-state index in [2.05, 4.69) is 10.3 Å². The Kier molecular flexibility index (Phi) is 5.26. The number of nitrogens with one attached hydrogen (secondary N) is 1. The predicted octanol–water partition coefficient (Wildman–Crippen LogP) is 3.89. The van der Waals surface area contributed by atoms with E-state index in [-0.39, 0.29) is 16.4 Å². The van der Waals surface area contributed by atoms with Crippen molar-refractivity contribution in [3.8, 4) is 0 Å². The summed E-state index contributed by atoms with van der Waals surface area (Å²) in [6, 6.07) is 0.663. The molecular formula is C13H19F3N2S. The third kappa shape index (κ3) is 5.03. The van der Waals surface area contributed by atoms with E-state index in [1.54, 1.807) is 18.8 Å². The van der Waals surface area contributed by atoms with Crippen LogP contribution in [0.25, 0.3) is 0 Å².